The Morgan fingerprint density at radius 1 is 0.900 bits per heavy atom. The number of nitrogens with zero attached hydrogens (tertiary/aromatic N) is 6. The molecule has 12 heteroatoms. The molecule has 8 rings (SSSR count). The monoisotopic (exact) mass is 690 g/mol. The van der Waals surface area contributed by atoms with E-state index in [9.17, 15) is 9.90 Å². The largest absolute Gasteiger partial charge is 0.494 e. The third kappa shape index (κ3) is 4.95. The number of thioether (sulfide) groups is 1. The summed E-state index contributed by atoms with van der Waals surface area (Å²) in [7, 11) is 0. The first-order chi connectivity index (χ1) is 24.3. The van der Waals surface area contributed by atoms with E-state index in [4.69, 9.17) is 4.74 Å². The van der Waals surface area contributed by atoms with Gasteiger partial charge in [0.05, 0.1) is 41.4 Å². The van der Waals surface area contributed by atoms with E-state index in [0.29, 0.717) is 35.7 Å². The van der Waals surface area contributed by atoms with Crippen LogP contribution in [0.1, 0.15) is 25.5 Å². The summed E-state index contributed by atoms with van der Waals surface area (Å²) in [4.78, 5) is 50.1. The SMILES string of the molecule is CCOc1ccc(N2CC=C[C@@]3(C)S[C@]45C=CCN(Cn6nnc7ccccc76)C(=O)C4N([C@H](CO)c4ccccc4)C(=O)[C@@H]5[C@H]3C2=O)cc1. The maximum atomic E-state index is 15.2. The van der Waals surface area contributed by atoms with E-state index in [0.717, 1.165) is 5.52 Å². The van der Waals surface area contributed by atoms with Crippen LogP contribution in [0.15, 0.2) is 103 Å². The first-order valence-corrected chi connectivity index (χ1v) is 17.8. The molecule has 0 radical (unpaired) electrons. The Bertz CT molecular complexity index is 2020. The van der Waals surface area contributed by atoms with Crippen LogP contribution in [0.5, 0.6) is 5.75 Å². The average Bonchev–Trinajstić information content (AvgIpc) is 3.66. The van der Waals surface area contributed by atoms with Crippen LogP contribution >= 0.6 is 11.8 Å². The van der Waals surface area contributed by atoms with Crippen LogP contribution in [0.3, 0.4) is 0 Å². The van der Waals surface area contributed by atoms with Gasteiger partial charge in [0.2, 0.25) is 17.7 Å². The topological polar surface area (TPSA) is 121 Å². The Morgan fingerprint density at radius 2 is 1.64 bits per heavy atom. The van der Waals surface area contributed by atoms with E-state index >= 15 is 9.59 Å². The fourth-order valence-electron chi connectivity index (χ4n) is 8.30. The number of anilines is 1. The van der Waals surface area contributed by atoms with Crippen LogP contribution in [0.2, 0.25) is 0 Å². The maximum Gasteiger partial charge on any atom is 0.248 e. The molecular weight excluding hydrogens is 653 g/mol. The predicted octanol–water partition coefficient (Wildman–Crippen LogP) is 4.21. The van der Waals surface area contributed by atoms with Crippen LogP contribution in [0.4, 0.5) is 5.69 Å². The van der Waals surface area contributed by atoms with E-state index in [1.165, 1.54) is 11.8 Å². The maximum absolute atomic E-state index is 15.2. The second-order valence-electron chi connectivity index (χ2n) is 13.3. The van der Waals surface area contributed by atoms with Gasteiger partial charge in [0.1, 0.15) is 24.0 Å². The molecule has 3 amide bonds. The van der Waals surface area contributed by atoms with Crippen molar-refractivity contribution >= 4 is 46.2 Å². The molecule has 256 valence electrons. The summed E-state index contributed by atoms with van der Waals surface area (Å²) >= 11 is 1.51. The number of carbonyl (C=O) groups excluding carboxylic acids is 3. The standard InChI is InChI=1S/C38H38N6O5S/c1-3-49-27-17-15-26(16-18-27)42-22-9-19-37(2)31(34(42)46)32-35(47)44(30(23-45)25-11-5-4-6-12-25)33-36(48)41(21-10-20-38(32,33)50-37)24-43-29-14-8-7-13-28(29)39-40-43/h4-20,30-33,45H,3,21-24H2,1-2H3/t30-,31+,32+,33?,37-,38+/m1/s1. The zero-order valence-electron chi connectivity index (χ0n) is 27.8. The second kappa shape index (κ2) is 12.4. The van der Waals surface area contributed by atoms with Gasteiger partial charge >= 0.3 is 0 Å². The van der Waals surface area contributed by atoms with E-state index in [1.54, 1.807) is 19.4 Å². The molecule has 0 bridgehead atoms. The quantitative estimate of drug-likeness (QED) is 0.273. The van der Waals surface area contributed by atoms with Gasteiger partial charge in [-0.25, -0.2) is 4.68 Å². The van der Waals surface area contributed by atoms with Crippen LogP contribution < -0.4 is 9.64 Å². The molecule has 1 unspecified atom stereocenters. The van der Waals surface area contributed by atoms with Crippen molar-refractivity contribution in [1.82, 2.24) is 24.8 Å². The second-order valence-corrected chi connectivity index (χ2v) is 15.1. The molecule has 5 heterocycles. The number of aliphatic hydroxyl groups excluding tert-OH is 1. The van der Waals surface area contributed by atoms with Crippen molar-refractivity contribution in [1.29, 1.82) is 0 Å². The molecule has 6 atom stereocenters. The van der Waals surface area contributed by atoms with Crippen molar-refractivity contribution in [2.24, 2.45) is 11.8 Å². The molecule has 2 saturated heterocycles. The Morgan fingerprint density at radius 3 is 2.40 bits per heavy atom. The molecule has 4 aliphatic rings. The molecule has 11 nitrogen and oxygen atoms in total. The molecule has 4 aliphatic heterocycles. The molecule has 3 aromatic carbocycles. The van der Waals surface area contributed by atoms with Crippen molar-refractivity contribution in [2.45, 2.75) is 42.1 Å². The molecule has 0 aliphatic carbocycles. The average molecular weight is 691 g/mol. The molecule has 0 saturated carbocycles. The van der Waals surface area contributed by atoms with Gasteiger partial charge in [-0.3, -0.25) is 14.4 Å². The molecular formula is C38H38N6O5S. The third-order valence-electron chi connectivity index (χ3n) is 10.5. The highest BCUT2D eigenvalue weighted by Crippen LogP contribution is 2.66. The van der Waals surface area contributed by atoms with Gasteiger partial charge in [-0.05, 0) is 55.8 Å². The van der Waals surface area contributed by atoms with Gasteiger partial charge in [0.25, 0.3) is 0 Å². The molecule has 1 aromatic heterocycles. The summed E-state index contributed by atoms with van der Waals surface area (Å²) in [5, 5.41) is 19.5. The highest BCUT2D eigenvalue weighted by atomic mass is 32.2. The number of aliphatic hydroxyl groups is 1. The number of rotatable bonds is 8. The number of hydrogen-bond acceptors (Lipinski definition) is 8. The van der Waals surface area contributed by atoms with Gasteiger partial charge < -0.3 is 24.5 Å². The lowest BCUT2D eigenvalue weighted by atomic mass is 9.74. The Balaban J connectivity index is 1.23. The van der Waals surface area contributed by atoms with Gasteiger partial charge in [0, 0.05) is 23.5 Å². The van der Waals surface area contributed by atoms with Crippen molar-refractivity contribution in [3.8, 4) is 5.75 Å². The van der Waals surface area contributed by atoms with Crippen LogP contribution in [-0.2, 0) is 21.1 Å². The fraction of sp³-hybridized carbons (Fsp3) is 0.342. The van der Waals surface area contributed by atoms with Gasteiger partial charge in [-0.15, -0.1) is 16.9 Å². The lowest BCUT2D eigenvalue weighted by molar-refractivity contribution is -0.146. The normalized spacial score (nSPS) is 28.0. The van der Waals surface area contributed by atoms with Crippen molar-refractivity contribution in [3.63, 3.8) is 0 Å². The molecule has 1 N–H and O–H groups in total. The van der Waals surface area contributed by atoms with E-state index < -0.39 is 40.0 Å². The van der Waals surface area contributed by atoms with Crippen molar-refractivity contribution in [2.75, 3.05) is 31.2 Å². The summed E-state index contributed by atoms with van der Waals surface area (Å²) in [5.74, 6) is -1.71. The van der Waals surface area contributed by atoms with Crippen molar-refractivity contribution < 1.29 is 24.2 Å². The first-order valence-electron chi connectivity index (χ1n) is 16.9. The van der Waals surface area contributed by atoms with Gasteiger partial charge in [0.15, 0.2) is 0 Å². The summed E-state index contributed by atoms with van der Waals surface area (Å²) in [6.07, 6.45) is 7.96. The number of hydrogen-bond donors (Lipinski definition) is 1. The van der Waals surface area contributed by atoms with Crippen LogP contribution in [0, 0.1) is 11.8 Å². The Kier molecular flexibility index (Phi) is 8.03. The highest BCUT2D eigenvalue weighted by molar-refractivity contribution is 8.02. The van der Waals surface area contributed by atoms with Gasteiger partial charge in [-0.1, -0.05) is 72.0 Å². The zero-order valence-corrected chi connectivity index (χ0v) is 28.6. The van der Waals surface area contributed by atoms with Crippen molar-refractivity contribution in [3.05, 3.63) is 109 Å². The molecule has 2 fully saturated rings. The number of ether oxygens (including phenoxy) is 1. The Labute approximate surface area is 294 Å². The number of amides is 3. The van der Waals surface area contributed by atoms with Gasteiger partial charge in [-0.2, -0.15) is 0 Å². The lowest BCUT2D eigenvalue weighted by Gasteiger charge is -2.39. The number of para-hydroxylation sites is 1. The van der Waals surface area contributed by atoms with E-state index in [-0.39, 0.29) is 30.9 Å². The highest BCUT2D eigenvalue weighted by Gasteiger charge is 2.74. The minimum absolute atomic E-state index is 0.119. The molecule has 50 heavy (non-hydrogen) atoms. The smallest absolute Gasteiger partial charge is 0.248 e. The van der Waals surface area contributed by atoms with E-state index in [1.807, 2.05) is 117 Å². The summed E-state index contributed by atoms with van der Waals surface area (Å²) < 4.78 is 5.45. The molecule has 1 spiro atoms. The molecule has 4 aromatic rings. The number of likely N-dealkylation sites (tertiary alicyclic amines) is 1. The number of fused-ring (bicyclic) bond motifs is 3. The summed E-state index contributed by atoms with van der Waals surface area (Å²) in [6.45, 7) is 4.80. The number of benzene rings is 3. The van der Waals surface area contributed by atoms with Crippen LogP contribution in [-0.4, -0.2) is 89.5 Å². The minimum Gasteiger partial charge on any atom is -0.494 e. The Hall–Kier alpha value is -4.94. The lowest BCUT2D eigenvalue weighted by Crippen LogP contribution is -2.54. The number of carbonyl (C=O) groups is 3. The van der Waals surface area contributed by atoms with E-state index in [2.05, 4.69) is 10.3 Å². The summed E-state index contributed by atoms with van der Waals surface area (Å²) in [5.41, 5.74) is 2.91. The summed E-state index contributed by atoms with van der Waals surface area (Å²) in [6, 6.07) is 22.5. The predicted molar refractivity (Wildman–Crippen MR) is 190 cm³/mol. The third-order valence-corrected chi connectivity index (χ3v) is 12.3. The first kappa shape index (κ1) is 32.3. The minimum atomic E-state index is -1.09. The number of aromatic nitrogens is 3. The zero-order chi connectivity index (χ0) is 34.6. The fourth-order valence-corrected chi connectivity index (χ4v) is 10.4. The van der Waals surface area contributed by atoms with Crippen LogP contribution in [0.25, 0.3) is 11.0 Å².